The number of hydrogen-bond acceptors (Lipinski definition) is 3. The number of aromatic nitrogens is 3. The van der Waals surface area contributed by atoms with E-state index in [1.54, 1.807) is 6.20 Å². The van der Waals surface area contributed by atoms with E-state index in [9.17, 15) is 4.79 Å². The van der Waals surface area contributed by atoms with Crippen LogP contribution in [0.15, 0.2) is 54.9 Å². The average Bonchev–Trinajstić information content (AvgIpc) is 2.96. The van der Waals surface area contributed by atoms with E-state index in [1.165, 1.54) is 5.56 Å². The summed E-state index contributed by atoms with van der Waals surface area (Å²) in [5.41, 5.74) is 3.98. The number of pyridine rings is 1. The van der Waals surface area contributed by atoms with Gasteiger partial charge in [-0.25, -0.2) is 4.98 Å². The minimum Gasteiger partial charge on any atom is -0.337 e. The van der Waals surface area contributed by atoms with Crippen molar-refractivity contribution in [2.75, 3.05) is 13.1 Å². The Morgan fingerprint density at radius 3 is 2.50 bits per heavy atom. The van der Waals surface area contributed by atoms with Crippen molar-refractivity contribution in [1.82, 2.24) is 19.4 Å². The van der Waals surface area contributed by atoms with Gasteiger partial charge in [-0.15, -0.1) is 0 Å². The zero-order valence-corrected chi connectivity index (χ0v) is 15.1. The molecule has 26 heavy (non-hydrogen) atoms. The summed E-state index contributed by atoms with van der Waals surface area (Å²) in [6.45, 7) is 6.23. The third-order valence-corrected chi connectivity index (χ3v) is 4.96. The Labute approximate surface area is 153 Å². The predicted octanol–water partition coefficient (Wildman–Crippen LogP) is 3.18. The zero-order valence-electron chi connectivity index (χ0n) is 15.1. The van der Waals surface area contributed by atoms with Crippen molar-refractivity contribution in [3.05, 3.63) is 83.2 Å². The normalized spacial score (nSPS) is 14.3. The van der Waals surface area contributed by atoms with Gasteiger partial charge in [0.25, 0.3) is 5.91 Å². The molecular weight excluding hydrogens is 324 g/mol. The molecule has 1 fully saturated rings. The molecule has 3 heterocycles. The Hall–Kier alpha value is -2.95. The summed E-state index contributed by atoms with van der Waals surface area (Å²) < 4.78 is 2.26. The molecule has 1 aromatic carbocycles. The monoisotopic (exact) mass is 346 g/mol. The largest absolute Gasteiger partial charge is 0.337 e. The topological polar surface area (TPSA) is 51.0 Å². The summed E-state index contributed by atoms with van der Waals surface area (Å²) in [6, 6.07) is 14.1. The van der Waals surface area contributed by atoms with Crippen molar-refractivity contribution in [2.24, 2.45) is 0 Å². The highest BCUT2D eigenvalue weighted by atomic mass is 16.2. The second kappa shape index (κ2) is 6.75. The fourth-order valence-corrected chi connectivity index (χ4v) is 3.36. The Morgan fingerprint density at radius 1 is 1.04 bits per heavy atom. The number of hydrogen-bond donors (Lipinski definition) is 0. The van der Waals surface area contributed by atoms with Crippen molar-refractivity contribution < 1.29 is 4.79 Å². The molecule has 0 unspecified atom stereocenters. The van der Waals surface area contributed by atoms with Gasteiger partial charge in [-0.3, -0.25) is 9.78 Å². The molecule has 4 rings (SSSR count). The molecule has 2 aromatic heterocycles. The molecule has 1 aliphatic rings. The molecule has 132 valence electrons. The van der Waals surface area contributed by atoms with Gasteiger partial charge in [-0.1, -0.05) is 30.3 Å². The number of carbonyl (C=O) groups is 1. The molecule has 0 radical (unpaired) electrons. The van der Waals surface area contributed by atoms with Crippen LogP contribution in [0.25, 0.3) is 0 Å². The molecule has 5 nitrogen and oxygen atoms in total. The van der Waals surface area contributed by atoms with Gasteiger partial charge in [-0.05, 0) is 31.5 Å². The van der Waals surface area contributed by atoms with Crippen molar-refractivity contribution in [1.29, 1.82) is 0 Å². The number of aryl methyl sites for hydroxylation is 2. The molecule has 0 saturated carbocycles. The lowest BCUT2D eigenvalue weighted by Crippen LogP contribution is -2.49. The van der Waals surface area contributed by atoms with Crippen LogP contribution >= 0.6 is 0 Å². The van der Waals surface area contributed by atoms with Crippen LogP contribution in [0.3, 0.4) is 0 Å². The molecule has 0 bridgehead atoms. The van der Waals surface area contributed by atoms with Crippen LogP contribution in [0.5, 0.6) is 0 Å². The summed E-state index contributed by atoms with van der Waals surface area (Å²) in [7, 11) is 0. The minimum atomic E-state index is 0.0478. The van der Waals surface area contributed by atoms with Gasteiger partial charge in [0, 0.05) is 43.4 Å². The van der Waals surface area contributed by atoms with Crippen LogP contribution < -0.4 is 0 Å². The lowest BCUT2D eigenvalue weighted by molar-refractivity contribution is 0.0591. The maximum absolute atomic E-state index is 12.6. The highest BCUT2D eigenvalue weighted by molar-refractivity contribution is 5.94. The highest BCUT2D eigenvalue weighted by Gasteiger charge is 2.35. The summed E-state index contributed by atoms with van der Waals surface area (Å²) in [4.78, 5) is 23.3. The number of amides is 1. The zero-order chi connectivity index (χ0) is 18.1. The summed E-state index contributed by atoms with van der Waals surface area (Å²) in [5.74, 6) is 1.40. The molecule has 3 aromatic rings. The predicted molar refractivity (Wildman–Crippen MR) is 100 cm³/mol. The second-order valence-electron chi connectivity index (χ2n) is 6.92. The van der Waals surface area contributed by atoms with Gasteiger partial charge in [-0.2, -0.15) is 0 Å². The number of rotatable bonds is 4. The molecular formula is C21H22N4O. The second-order valence-corrected chi connectivity index (χ2v) is 6.92. The summed E-state index contributed by atoms with van der Waals surface area (Å²) in [6.07, 6.45) is 3.58. The Balaban J connectivity index is 1.46. The molecule has 1 amide bonds. The third-order valence-electron chi connectivity index (χ3n) is 4.96. The van der Waals surface area contributed by atoms with Crippen LogP contribution in [0, 0.1) is 13.8 Å². The molecule has 1 saturated heterocycles. The number of likely N-dealkylation sites (tertiary alicyclic amines) is 1. The lowest BCUT2D eigenvalue weighted by atomic mass is 9.98. The van der Waals surface area contributed by atoms with E-state index in [-0.39, 0.29) is 11.8 Å². The van der Waals surface area contributed by atoms with Gasteiger partial charge in [0.2, 0.25) is 0 Å². The fourth-order valence-electron chi connectivity index (χ4n) is 3.36. The summed E-state index contributed by atoms with van der Waals surface area (Å²) in [5, 5.41) is 0. The molecule has 1 aliphatic heterocycles. The first kappa shape index (κ1) is 16.5. The average molecular weight is 346 g/mol. The molecule has 0 atom stereocenters. The van der Waals surface area contributed by atoms with Gasteiger partial charge < -0.3 is 9.47 Å². The van der Waals surface area contributed by atoms with Crippen LogP contribution in [0.4, 0.5) is 0 Å². The quantitative estimate of drug-likeness (QED) is 0.729. The van der Waals surface area contributed by atoms with Crippen molar-refractivity contribution in [2.45, 2.75) is 26.3 Å². The maximum atomic E-state index is 12.6. The van der Waals surface area contributed by atoms with Crippen LogP contribution in [0.2, 0.25) is 0 Å². The van der Waals surface area contributed by atoms with Gasteiger partial charge >= 0.3 is 0 Å². The van der Waals surface area contributed by atoms with Gasteiger partial charge in [0.1, 0.15) is 5.82 Å². The van der Waals surface area contributed by atoms with Crippen LogP contribution in [0.1, 0.15) is 39.1 Å². The molecule has 0 spiro atoms. The van der Waals surface area contributed by atoms with E-state index in [2.05, 4.69) is 45.7 Å². The van der Waals surface area contributed by atoms with E-state index in [1.807, 2.05) is 36.2 Å². The smallest absolute Gasteiger partial charge is 0.255 e. The highest BCUT2D eigenvalue weighted by Crippen LogP contribution is 2.28. The minimum absolute atomic E-state index is 0.0478. The van der Waals surface area contributed by atoms with Gasteiger partial charge in [0.15, 0.2) is 0 Å². The van der Waals surface area contributed by atoms with E-state index < -0.39 is 0 Å². The Kier molecular flexibility index (Phi) is 4.29. The van der Waals surface area contributed by atoms with E-state index in [0.717, 1.165) is 23.8 Å². The van der Waals surface area contributed by atoms with E-state index in [0.29, 0.717) is 18.7 Å². The van der Waals surface area contributed by atoms with Crippen molar-refractivity contribution in [3.8, 4) is 0 Å². The first-order chi connectivity index (χ1) is 12.6. The standard InChI is InChI=1S/C21H22N4O/c1-15-8-9-18(11-22-15)21(26)24-13-19(14-24)20-23-10-16(2)25(20)12-17-6-4-3-5-7-17/h3-11,19H,12-14H2,1-2H3. The number of imidazole rings is 1. The SMILES string of the molecule is Cc1ccc(C(=O)N2CC(c3ncc(C)n3Cc3ccccc3)C2)cn1. The maximum Gasteiger partial charge on any atom is 0.255 e. The van der Waals surface area contributed by atoms with Crippen LogP contribution in [-0.2, 0) is 6.54 Å². The number of nitrogens with zero attached hydrogens (tertiary/aromatic N) is 4. The lowest BCUT2D eigenvalue weighted by Gasteiger charge is -2.39. The van der Waals surface area contributed by atoms with E-state index >= 15 is 0 Å². The third kappa shape index (κ3) is 3.12. The van der Waals surface area contributed by atoms with Crippen LogP contribution in [-0.4, -0.2) is 38.4 Å². The van der Waals surface area contributed by atoms with Gasteiger partial charge in [0.05, 0.1) is 11.5 Å². The molecule has 5 heteroatoms. The first-order valence-electron chi connectivity index (χ1n) is 8.89. The molecule has 0 aliphatic carbocycles. The first-order valence-corrected chi connectivity index (χ1v) is 8.89. The fraction of sp³-hybridized carbons (Fsp3) is 0.286. The van der Waals surface area contributed by atoms with E-state index in [4.69, 9.17) is 0 Å². The van der Waals surface area contributed by atoms with Crippen molar-refractivity contribution >= 4 is 5.91 Å². The Morgan fingerprint density at radius 2 is 1.81 bits per heavy atom. The van der Waals surface area contributed by atoms with Crippen molar-refractivity contribution in [3.63, 3.8) is 0 Å². The number of benzene rings is 1. The number of carbonyl (C=O) groups excluding carboxylic acids is 1. The summed E-state index contributed by atoms with van der Waals surface area (Å²) >= 11 is 0. The molecule has 0 N–H and O–H groups in total. The Bertz CT molecular complexity index is 909.